The van der Waals surface area contributed by atoms with Gasteiger partial charge in [0.2, 0.25) is 0 Å². The molecule has 0 spiro atoms. The van der Waals surface area contributed by atoms with Gasteiger partial charge in [-0.1, -0.05) is 29.3 Å². The van der Waals surface area contributed by atoms with Crippen LogP contribution in [-0.2, 0) is 6.42 Å². The summed E-state index contributed by atoms with van der Waals surface area (Å²) in [6.45, 7) is 4.26. The number of benzene rings is 2. The predicted octanol–water partition coefficient (Wildman–Crippen LogP) is 4.62. The van der Waals surface area contributed by atoms with Gasteiger partial charge in [-0.2, -0.15) is 0 Å². The highest BCUT2D eigenvalue weighted by atomic mass is 16.3. The quantitative estimate of drug-likeness (QED) is 0.432. The van der Waals surface area contributed by atoms with Crippen molar-refractivity contribution in [2.24, 2.45) is 0 Å². The maximum Gasteiger partial charge on any atom is 0.139 e. The minimum atomic E-state index is 1.00. The largest absolute Gasteiger partial charge is 0.456 e. The third kappa shape index (κ3) is 1.22. The summed E-state index contributed by atoms with van der Waals surface area (Å²) < 4.78 is 6.05. The molecule has 1 aromatic heterocycles. The summed E-state index contributed by atoms with van der Waals surface area (Å²) in [6.07, 6.45) is 1.00. The summed E-state index contributed by atoms with van der Waals surface area (Å²) in [5.41, 5.74) is 7.61. The molecule has 0 N–H and O–H groups in total. The first-order chi connectivity index (χ1) is 8.72. The van der Waals surface area contributed by atoms with E-state index in [4.69, 9.17) is 4.42 Å². The van der Waals surface area contributed by atoms with Crippen molar-refractivity contribution in [2.75, 3.05) is 0 Å². The Kier molecular flexibility index (Phi) is 1.80. The smallest absolute Gasteiger partial charge is 0.139 e. The number of hydrogen-bond donors (Lipinski definition) is 0. The Hall–Kier alpha value is -2.02. The molecule has 18 heavy (non-hydrogen) atoms. The lowest BCUT2D eigenvalue weighted by molar-refractivity contribution is 0.631. The van der Waals surface area contributed by atoms with Crippen LogP contribution in [0.1, 0.15) is 22.3 Å². The maximum atomic E-state index is 6.05. The van der Waals surface area contributed by atoms with E-state index >= 15 is 0 Å². The second-order valence-corrected chi connectivity index (χ2v) is 5.25. The third-order valence-electron chi connectivity index (χ3n) is 3.82. The molecule has 0 bridgehead atoms. The predicted molar refractivity (Wildman–Crippen MR) is 73.9 cm³/mol. The molecule has 88 valence electrons. The van der Waals surface area contributed by atoms with Crippen LogP contribution in [0.3, 0.4) is 0 Å². The number of furan rings is 1. The Morgan fingerprint density at radius 2 is 1.72 bits per heavy atom. The first kappa shape index (κ1) is 9.95. The van der Waals surface area contributed by atoms with Crippen molar-refractivity contribution in [3.8, 4) is 11.3 Å². The molecular weight excluding hydrogens is 220 g/mol. The van der Waals surface area contributed by atoms with Crippen LogP contribution >= 0.6 is 0 Å². The van der Waals surface area contributed by atoms with Crippen LogP contribution in [0.15, 0.2) is 40.8 Å². The standard InChI is InChI=1S/C17H14O/c1-10-3-5-12-9-15-14-8-11(2)4-6-16(14)18-17(15)13(12)7-10/h3-8H,9H2,1-2H3. The summed E-state index contributed by atoms with van der Waals surface area (Å²) in [5, 5.41) is 1.28. The molecule has 0 fully saturated rings. The van der Waals surface area contributed by atoms with E-state index in [1.807, 2.05) is 0 Å². The van der Waals surface area contributed by atoms with Crippen LogP contribution in [-0.4, -0.2) is 0 Å². The Bertz CT molecular complexity index is 778. The highest BCUT2D eigenvalue weighted by Gasteiger charge is 2.25. The summed E-state index contributed by atoms with van der Waals surface area (Å²) >= 11 is 0. The lowest BCUT2D eigenvalue weighted by Crippen LogP contribution is -1.82. The summed E-state index contributed by atoms with van der Waals surface area (Å²) in [7, 11) is 0. The van der Waals surface area contributed by atoms with Crippen LogP contribution in [0.25, 0.3) is 22.3 Å². The van der Waals surface area contributed by atoms with Gasteiger partial charge >= 0.3 is 0 Å². The Morgan fingerprint density at radius 3 is 2.61 bits per heavy atom. The molecule has 3 aromatic rings. The first-order valence-electron chi connectivity index (χ1n) is 6.34. The molecule has 1 heterocycles. The van der Waals surface area contributed by atoms with Gasteiger partial charge in [-0.25, -0.2) is 0 Å². The number of hydrogen-bond acceptors (Lipinski definition) is 1. The van der Waals surface area contributed by atoms with Crippen molar-refractivity contribution >= 4 is 11.0 Å². The molecule has 0 aliphatic heterocycles. The topological polar surface area (TPSA) is 13.1 Å². The van der Waals surface area contributed by atoms with E-state index in [0.29, 0.717) is 0 Å². The monoisotopic (exact) mass is 234 g/mol. The fourth-order valence-corrected chi connectivity index (χ4v) is 2.90. The molecular formula is C17H14O. The van der Waals surface area contributed by atoms with Crippen LogP contribution in [0.2, 0.25) is 0 Å². The van der Waals surface area contributed by atoms with Crippen molar-refractivity contribution in [1.82, 2.24) is 0 Å². The highest BCUT2D eigenvalue weighted by molar-refractivity contribution is 5.92. The second-order valence-electron chi connectivity index (χ2n) is 5.25. The molecule has 0 saturated heterocycles. The van der Waals surface area contributed by atoms with Crippen LogP contribution in [0.4, 0.5) is 0 Å². The molecule has 0 amide bonds. The van der Waals surface area contributed by atoms with Crippen molar-refractivity contribution < 1.29 is 4.42 Å². The fraction of sp³-hybridized carbons (Fsp3) is 0.176. The van der Waals surface area contributed by atoms with E-state index < -0.39 is 0 Å². The number of aryl methyl sites for hydroxylation is 2. The average molecular weight is 234 g/mol. The maximum absolute atomic E-state index is 6.05. The molecule has 4 rings (SSSR count). The molecule has 2 aromatic carbocycles. The fourth-order valence-electron chi connectivity index (χ4n) is 2.90. The molecule has 0 unspecified atom stereocenters. The number of rotatable bonds is 0. The molecule has 0 saturated carbocycles. The van der Waals surface area contributed by atoms with Crippen LogP contribution in [0.5, 0.6) is 0 Å². The molecule has 1 nitrogen and oxygen atoms in total. The van der Waals surface area contributed by atoms with E-state index in [0.717, 1.165) is 17.8 Å². The Balaban J connectivity index is 2.06. The lowest BCUT2D eigenvalue weighted by atomic mass is 10.1. The van der Waals surface area contributed by atoms with Gasteiger partial charge in [-0.15, -0.1) is 0 Å². The van der Waals surface area contributed by atoms with Gasteiger partial charge in [0.15, 0.2) is 0 Å². The van der Waals surface area contributed by atoms with Crippen molar-refractivity contribution in [1.29, 1.82) is 0 Å². The van der Waals surface area contributed by atoms with E-state index in [9.17, 15) is 0 Å². The van der Waals surface area contributed by atoms with Crippen LogP contribution in [0, 0.1) is 13.8 Å². The van der Waals surface area contributed by atoms with Crippen molar-refractivity contribution in [3.05, 3.63) is 58.7 Å². The van der Waals surface area contributed by atoms with E-state index in [1.54, 1.807) is 0 Å². The van der Waals surface area contributed by atoms with E-state index in [2.05, 4.69) is 50.2 Å². The first-order valence-corrected chi connectivity index (χ1v) is 6.34. The van der Waals surface area contributed by atoms with Gasteiger partial charge < -0.3 is 4.42 Å². The summed E-state index contributed by atoms with van der Waals surface area (Å²) in [5.74, 6) is 1.08. The minimum absolute atomic E-state index is 1.00. The van der Waals surface area contributed by atoms with Crippen molar-refractivity contribution in [2.45, 2.75) is 20.3 Å². The zero-order valence-corrected chi connectivity index (χ0v) is 10.6. The zero-order valence-electron chi connectivity index (χ0n) is 10.6. The molecule has 1 heteroatoms. The Morgan fingerprint density at radius 1 is 0.944 bits per heavy atom. The molecule has 1 aliphatic rings. The van der Waals surface area contributed by atoms with Gasteiger partial charge in [-0.05, 0) is 37.6 Å². The van der Waals surface area contributed by atoms with Gasteiger partial charge in [0.05, 0.1) is 0 Å². The van der Waals surface area contributed by atoms with Gasteiger partial charge in [0.25, 0.3) is 0 Å². The summed E-state index contributed by atoms with van der Waals surface area (Å²) in [6, 6.07) is 13.1. The normalized spacial score (nSPS) is 12.8. The molecule has 1 aliphatic carbocycles. The SMILES string of the molecule is Cc1ccc2c(c1)-c1oc3ccc(C)cc3c1C2. The average Bonchev–Trinajstić information content (AvgIpc) is 2.86. The highest BCUT2D eigenvalue weighted by Crippen LogP contribution is 2.43. The minimum Gasteiger partial charge on any atom is -0.456 e. The summed E-state index contributed by atoms with van der Waals surface area (Å²) in [4.78, 5) is 0. The third-order valence-corrected chi connectivity index (χ3v) is 3.82. The lowest BCUT2D eigenvalue weighted by Gasteiger charge is -2.00. The van der Waals surface area contributed by atoms with Gasteiger partial charge in [0.1, 0.15) is 11.3 Å². The van der Waals surface area contributed by atoms with Gasteiger partial charge in [0, 0.05) is 22.9 Å². The van der Waals surface area contributed by atoms with Crippen molar-refractivity contribution in [3.63, 3.8) is 0 Å². The molecule has 0 radical (unpaired) electrons. The molecule has 0 atom stereocenters. The zero-order chi connectivity index (χ0) is 12.3. The van der Waals surface area contributed by atoms with Crippen LogP contribution < -0.4 is 0 Å². The van der Waals surface area contributed by atoms with E-state index in [1.165, 1.54) is 33.2 Å². The number of fused-ring (bicyclic) bond motifs is 5. The Labute approximate surface area is 106 Å². The van der Waals surface area contributed by atoms with E-state index in [-0.39, 0.29) is 0 Å². The second kappa shape index (κ2) is 3.26. The van der Waals surface area contributed by atoms with Gasteiger partial charge in [-0.3, -0.25) is 0 Å².